The Balaban J connectivity index is 2.08. The van der Waals surface area contributed by atoms with Crippen LogP contribution >= 0.6 is 11.6 Å². The number of nitrogens with one attached hydrogen (secondary N) is 1. The molecule has 1 aromatic rings. The lowest BCUT2D eigenvalue weighted by atomic mass is 9.72. The molecule has 1 unspecified atom stereocenters. The van der Waals surface area contributed by atoms with Crippen molar-refractivity contribution in [3.8, 4) is 0 Å². The van der Waals surface area contributed by atoms with E-state index in [1.54, 1.807) is 0 Å². The molecule has 0 aromatic heterocycles. The summed E-state index contributed by atoms with van der Waals surface area (Å²) in [5, 5.41) is 4.38. The normalized spacial score (nSPS) is 19.3. The van der Waals surface area contributed by atoms with Crippen molar-refractivity contribution >= 4 is 11.6 Å². The number of ether oxygens (including phenoxy) is 1. The molecule has 0 spiro atoms. The topological polar surface area (TPSA) is 21.3 Å². The third kappa shape index (κ3) is 2.87. The van der Waals surface area contributed by atoms with Gasteiger partial charge in [0.2, 0.25) is 0 Å². The summed E-state index contributed by atoms with van der Waals surface area (Å²) in [5.41, 5.74) is 1.35. The van der Waals surface area contributed by atoms with Crippen LogP contribution in [0.2, 0.25) is 5.02 Å². The molecule has 0 saturated heterocycles. The van der Waals surface area contributed by atoms with Crippen molar-refractivity contribution in [2.45, 2.75) is 44.2 Å². The highest BCUT2D eigenvalue weighted by molar-refractivity contribution is 6.30. The average Bonchev–Trinajstić information content (AvgIpc) is 2.31. The predicted octanol–water partition coefficient (Wildman–Crippen LogP) is 3.43. The van der Waals surface area contributed by atoms with E-state index in [-0.39, 0.29) is 5.60 Å². The molecule has 1 saturated carbocycles. The molecule has 100 valence electrons. The summed E-state index contributed by atoms with van der Waals surface area (Å²) in [4.78, 5) is 0. The zero-order chi connectivity index (χ0) is 13.0. The Kier molecular flexibility index (Phi) is 4.66. The molecule has 2 rings (SSSR count). The van der Waals surface area contributed by atoms with Crippen LogP contribution in [0.15, 0.2) is 24.3 Å². The highest BCUT2D eigenvalue weighted by Gasteiger charge is 2.43. The molecular weight excluding hydrogens is 246 g/mol. The van der Waals surface area contributed by atoms with Crippen LogP contribution < -0.4 is 5.32 Å². The van der Waals surface area contributed by atoms with Crippen LogP contribution in [-0.4, -0.2) is 25.3 Å². The van der Waals surface area contributed by atoms with Crippen LogP contribution in [0.1, 0.15) is 31.7 Å². The van der Waals surface area contributed by atoms with E-state index in [2.05, 4.69) is 24.4 Å². The van der Waals surface area contributed by atoms with Gasteiger partial charge in [-0.3, -0.25) is 0 Å². The Labute approximate surface area is 115 Å². The molecule has 1 fully saturated rings. The number of hydrogen-bond donors (Lipinski definition) is 1. The van der Waals surface area contributed by atoms with Gasteiger partial charge in [0.15, 0.2) is 0 Å². The lowest BCUT2D eigenvalue weighted by molar-refractivity contribution is -0.0978. The van der Waals surface area contributed by atoms with Crippen molar-refractivity contribution in [2.24, 2.45) is 0 Å². The quantitative estimate of drug-likeness (QED) is 0.853. The maximum atomic E-state index is 5.92. The molecule has 1 aliphatic carbocycles. The van der Waals surface area contributed by atoms with Gasteiger partial charge in [0.05, 0.1) is 5.60 Å². The van der Waals surface area contributed by atoms with Crippen LogP contribution in [0.5, 0.6) is 0 Å². The van der Waals surface area contributed by atoms with E-state index >= 15 is 0 Å². The minimum Gasteiger partial charge on any atom is -0.377 e. The van der Waals surface area contributed by atoms with Gasteiger partial charge in [-0.15, -0.1) is 0 Å². The first-order valence-electron chi connectivity index (χ1n) is 6.73. The summed E-state index contributed by atoms with van der Waals surface area (Å²) in [6.07, 6.45) is 4.60. The van der Waals surface area contributed by atoms with E-state index in [1.165, 1.54) is 12.0 Å². The number of hydrogen-bond acceptors (Lipinski definition) is 2. The number of likely N-dealkylation sites (N-methyl/N-ethyl adjacent to an activating group) is 1. The molecule has 1 aliphatic rings. The lowest BCUT2D eigenvalue weighted by Gasteiger charge is -2.47. The third-order valence-electron chi connectivity index (χ3n) is 4.05. The third-order valence-corrected chi connectivity index (χ3v) is 4.30. The monoisotopic (exact) mass is 267 g/mol. The predicted molar refractivity (Wildman–Crippen MR) is 76.2 cm³/mol. The second-order valence-electron chi connectivity index (χ2n) is 5.06. The molecule has 2 nitrogen and oxygen atoms in total. The van der Waals surface area contributed by atoms with Gasteiger partial charge >= 0.3 is 0 Å². The van der Waals surface area contributed by atoms with Crippen LogP contribution in [0.3, 0.4) is 0 Å². The van der Waals surface area contributed by atoms with E-state index in [9.17, 15) is 0 Å². The molecule has 1 atom stereocenters. The molecule has 1 N–H and O–H groups in total. The van der Waals surface area contributed by atoms with Gasteiger partial charge in [-0.25, -0.2) is 0 Å². The number of rotatable bonds is 6. The highest BCUT2D eigenvalue weighted by Crippen LogP contribution is 2.39. The molecule has 0 heterocycles. The second kappa shape index (κ2) is 6.05. The maximum Gasteiger partial charge on any atom is 0.0834 e. The van der Waals surface area contributed by atoms with Crippen LogP contribution in [0.25, 0.3) is 0 Å². The lowest BCUT2D eigenvalue weighted by Crippen LogP contribution is -2.57. The molecule has 1 aromatic carbocycles. The summed E-state index contributed by atoms with van der Waals surface area (Å²) >= 11 is 5.92. The van der Waals surface area contributed by atoms with Gasteiger partial charge in [0.25, 0.3) is 0 Å². The molecular formula is C15H22ClNO. The van der Waals surface area contributed by atoms with Crippen LogP contribution in [0.4, 0.5) is 0 Å². The van der Waals surface area contributed by atoms with E-state index in [0.29, 0.717) is 6.04 Å². The Morgan fingerprint density at radius 1 is 1.33 bits per heavy atom. The fourth-order valence-electron chi connectivity index (χ4n) is 2.77. The largest absolute Gasteiger partial charge is 0.377 e. The Hall–Kier alpha value is -0.570. The second-order valence-corrected chi connectivity index (χ2v) is 5.50. The van der Waals surface area contributed by atoms with E-state index < -0.39 is 0 Å². The van der Waals surface area contributed by atoms with Crippen LogP contribution in [0, 0.1) is 0 Å². The minimum atomic E-state index is 0.0373. The zero-order valence-electron chi connectivity index (χ0n) is 11.2. The molecule has 0 radical (unpaired) electrons. The number of methoxy groups -OCH3 is 1. The number of halogens is 1. The van der Waals surface area contributed by atoms with Gasteiger partial charge in [-0.1, -0.05) is 30.7 Å². The Morgan fingerprint density at radius 2 is 2.00 bits per heavy atom. The standard InChI is InChI=1S/C15H22ClNO/c1-3-17-14(15(18-2)9-4-10-15)11-12-5-7-13(16)8-6-12/h5-8,14,17H,3-4,9-11H2,1-2H3. The summed E-state index contributed by atoms with van der Waals surface area (Å²) in [6.45, 7) is 3.13. The van der Waals surface area contributed by atoms with Gasteiger partial charge in [0.1, 0.15) is 0 Å². The first-order valence-corrected chi connectivity index (χ1v) is 7.11. The minimum absolute atomic E-state index is 0.0373. The summed E-state index contributed by atoms with van der Waals surface area (Å²) < 4.78 is 5.80. The number of benzene rings is 1. The first-order chi connectivity index (χ1) is 8.70. The SMILES string of the molecule is CCNC(Cc1ccc(Cl)cc1)C1(OC)CCC1. The van der Waals surface area contributed by atoms with Gasteiger partial charge in [0, 0.05) is 18.2 Å². The zero-order valence-corrected chi connectivity index (χ0v) is 12.0. The van der Waals surface area contributed by atoms with Crippen molar-refractivity contribution in [1.82, 2.24) is 5.32 Å². The summed E-state index contributed by atoms with van der Waals surface area (Å²) in [7, 11) is 1.84. The fraction of sp³-hybridized carbons (Fsp3) is 0.600. The molecule has 0 bridgehead atoms. The molecule has 0 amide bonds. The molecule has 3 heteroatoms. The molecule has 0 aliphatic heterocycles. The maximum absolute atomic E-state index is 5.92. The summed E-state index contributed by atoms with van der Waals surface area (Å²) in [6, 6.07) is 8.52. The molecule has 18 heavy (non-hydrogen) atoms. The van der Waals surface area contributed by atoms with Crippen molar-refractivity contribution in [3.63, 3.8) is 0 Å². The van der Waals surface area contributed by atoms with E-state index in [4.69, 9.17) is 16.3 Å². The fourth-order valence-corrected chi connectivity index (χ4v) is 2.89. The van der Waals surface area contributed by atoms with Crippen molar-refractivity contribution < 1.29 is 4.74 Å². The van der Waals surface area contributed by atoms with E-state index in [1.807, 2.05) is 19.2 Å². The average molecular weight is 268 g/mol. The van der Waals surface area contributed by atoms with Gasteiger partial charge < -0.3 is 10.1 Å². The first kappa shape index (κ1) is 13.9. The van der Waals surface area contributed by atoms with Crippen molar-refractivity contribution in [2.75, 3.05) is 13.7 Å². The van der Waals surface area contributed by atoms with Crippen molar-refractivity contribution in [1.29, 1.82) is 0 Å². The van der Waals surface area contributed by atoms with Gasteiger partial charge in [-0.05, 0) is 49.9 Å². The van der Waals surface area contributed by atoms with E-state index in [0.717, 1.165) is 30.8 Å². The summed E-state index contributed by atoms with van der Waals surface area (Å²) in [5.74, 6) is 0. The van der Waals surface area contributed by atoms with Gasteiger partial charge in [-0.2, -0.15) is 0 Å². The highest BCUT2D eigenvalue weighted by atomic mass is 35.5. The van der Waals surface area contributed by atoms with Crippen LogP contribution in [-0.2, 0) is 11.2 Å². The van der Waals surface area contributed by atoms with Crippen molar-refractivity contribution in [3.05, 3.63) is 34.9 Å². The smallest absolute Gasteiger partial charge is 0.0834 e. The Bertz CT molecular complexity index is 367. The Morgan fingerprint density at radius 3 is 2.44 bits per heavy atom.